The first kappa shape index (κ1) is 17.6. The molecule has 0 saturated heterocycles. The van der Waals surface area contributed by atoms with E-state index in [2.05, 4.69) is 32.4 Å². The number of halogens is 1. The van der Waals surface area contributed by atoms with Crippen LogP contribution in [0.15, 0.2) is 48.8 Å². The first-order valence-electron chi connectivity index (χ1n) is 8.08. The monoisotopic (exact) mass is 364 g/mol. The highest BCUT2D eigenvalue weighted by Crippen LogP contribution is 2.42. The third-order valence-corrected chi connectivity index (χ3v) is 4.12. The van der Waals surface area contributed by atoms with E-state index in [9.17, 15) is 0 Å². The van der Waals surface area contributed by atoms with Gasteiger partial charge < -0.3 is 11.1 Å². The summed E-state index contributed by atoms with van der Waals surface area (Å²) < 4.78 is 0. The van der Waals surface area contributed by atoms with E-state index < -0.39 is 0 Å². The van der Waals surface area contributed by atoms with Crippen LogP contribution in [0.25, 0.3) is 11.3 Å². The molecule has 1 aliphatic rings. The number of nitrogens with two attached hydrogens (primary N) is 1. The molecule has 3 heterocycles. The van der Waals surface area contributed by atoms with Gasteiger partial charge in [0.05, 0.1) is 17.3 Å². The lowest BCUT2D eigenvalue weighted by Crippen LogP contribution is -1.99. The Bertz CT molecular complexity index is 961. The average Bonchev–Trinajstić information content (AvgIpc) is 3.47. The molecule has 4 rings (SSSR count). The Morgan fingerprint density at radius 3 is 2.62 bits per heavy atom. The topological polar surface area (TPSA) is 101 Å². The number of hydrogen-bond acceptors (Lipinski definition) is 6. The molecule has 0 spiro atoms. The smallest absolute Gasteiger partial charge is 0.132 e. The van der Waals surface area contributed by atoms with Crippen molar-refractivity contribution in [2.24, 2.45) is 0 Å². The summed E-state index contributed by atoms with van der Waals surface area (Å²) in [5.41, 5.74) is 9.24. The van der Waals surface area contributed by atoms with Crippen molar-refractivity contribution in [2.75, 3.05) is 11.1 Å². The van der Waals surface area contributed by atoms with Crippen molar-refractivity contribution in [3.05, 3.63) is 59.9 Å². The van der Waals surface area contributed by atoms with Gasteiger partial charge in [-0.05, 0) is 60.7 Å². The van der Waals surface area contributed by atoms with Crippen molar-refractivity contribution >= 4 is 29.9 Å². The van der Waals surface area contributed by atoms with Gasteiger partial charge in [0, 0.05) is 18.0 Å². The van der Waals surface area contributed by atoms with E-state index in [1.807, 2.05) is 12.1 Å². The number of hydrogen-bond donors (Lipinski definition) is 2. The second-order valence-electron chi connectivity index (χ2n) is 6.08. The van der Waals surface area contributed by atoms with E-state index in [0.717, 1.165) is 11.3 Å². The van der Waals surface area contributed by atoms with E-state index >= 15 is 0 Å². The van der Waals surface area contributed by atoms with Gasteiger partial charge in [-0.15, -0.1) is 12.4 Å². The van der Waals surface area contributed by atoms with Crippen LogP contribution >= 0.6 is 12.4 Å². The highest BCUT2D eigenvalue weighted by Gasteiger charge is 2.25. The van der Waals surface area contributed by atoms with Crippen LogP contribution in [0.4, 0.5) is 17.5 Å². The molecule has 3 N–H and O–H groups in total. The van der Waals surface area contributed by atoms with E-state index in [4.69, 9.17) is 11.0 Å². The molecule has 1 fully saturated rings. The Hall–Kier alpha value is -3.17. The fourth-order valence-electron chi connectivity index (χ4n) is 2.67. The number of nitrogen functional groups attached to an aromatic ring is 1. The summed E-state index contributed by atoms with van der Waals surface area (Å²) in [5.74, 6) is 2.38. The first-order chi connectivity index (χ1) is 12.2. The normalized spacial score (nSPS) is 12.7. The Morgan fingerprint density at radius 2 is 1.92 bits per heavy atom. The van der Waals surface area contributed by atoms with Gasteiger partial charge in [0.25, 0.3) is 0 Å². The molecule has 130 valence electrons. The van der Waals surface area contributed by atoms with Crippen molar-refractivity contribution in [3.63, 3.8) is 0 Å². The molecule has 7 heteroatoms. The number of rotatable bonds is 4. The number of aromatic nitrogens is 3. The van der Waals surface area contributed by atoms with Crippen LogP contribution in [-0.4, -0.2) is 15.0 Å². The van der Waals surface area contributed by atoms with Crippen molar-refractivity contribution in [3.8, 4) is 17.3 Å². The number of anilines is 3. The molecule has 26 heavy (non-hydrogen) atoms. The molecule has 1 saturated carbocycles. The summed E-state index contributed by atoms with van der Waals surface area (Å²) in [6.45, 7) is 0. The fourth-order valence-corrected chi connectivity index (χ4v) is 2.67. The molecule has 0 unspecified atom stereocenters. The summed E-state index contributed by atoms with van der Waals surface area (Å²) in [7, 11) is 0. The standard InChI is InChI=1S/C19H16N6.ClH/c20-10-12-5-6-22-18(7-12)25-19-9-15(13-1-2-13)8-16(24-19)14-3-4-17(21)23-11-14;/h3-9,11,13H,1-2H2,(H2,21,23)(H,22,24,25);1H. The van der Waals surface area contributed by atoms with Crippen molar-refractivity contribution in [2.45, 2.75) is 18.8 Å². The molecule has 1 aliphatic carbocycles. The minimum absolute atomic E-state index is 0. The third-order valence-electron chi connectivity index (χ3n) is 4.12. The lowest BCUT2D eigenvalue weighted by Gasteiger charge is -2.10. The molecular weight excluding hydrogens is 348 g/mol. The van der Waals surface area contributed by atoms with Crippen LogP contribution in [0, 0.1) is 11.3 Å². The Morgan fingerprint density at radius 1 is 1.08 bits per heavy atom. The van der Waals surface area contributed by atoms with Crippen LogP contribution in [0.5, 0.6) is 0 Å². The third kappa shape index (κ3) is 3.90. The van der Waals surface area contributed by atoms with Gasteiger partial charge in [0.15, 0.2) is 0 Å². The summed E-state index contributed by atoms with van der Waals surface area (Å²) in [6, 6.07) is 13.3. The van der Waals surface area contributed by atoms with Crippen molar-refractivity contribution in [1.29, 1.82) is 5.26 Å². The number of pyridine rings is 3. The molecule has 3 aromatic heterocycles. The molecule has 6 nitrogen and oxygen atoms in total. The van der Waals surface area contributed by atoms with E-state index in [1.165, 1.54) is 18.4 Å². The maximum atomic E-state index is 9.03. The summed E-state index contributed by atoms with van der Waals surface area (Å²) >= 11 is 0. The van der Waals surface area contributed by atoms with E-state index in [1.54, 1.807) is 30.6 Å². The highest BCUT2D eigenvalue weighted by atomic mass is 35.5. The summed E-state index contributed by atoms with van der Waals surface area (Å²) in [5, 5.41) is 12.2. The number of nitriles is 1. The maximum Gasteiger partial charge on any atom is 0.132 e. The predicted molar refractivity (Wildman–Crippen MR) is 103 cm³/mol. The molecular formula is C19H17ClN6. The SMILES string of the molecule is Cl.N#Cc1ccnc(Nc2cc(C3CC3)cc(-c3ccc(N)nc3)n2)c1. The molecule has 3 aromatic rings. The molecule has 0 aliphatic heterocycles. The Balaban J connectivity index is 0.00000196. The van der Waals surface area contributed by atoms with Gasteiger partial charge in [-0.1, -0.05) is 0 Å². The van der Waals surface area contributed by atoms with Gasteiger partial charge in [-0.3, -0.25) is 0 Å². The van der Waals surface area contributed by atoms with Gasteiger partial charge in [0.1, 0.15) is 17.5 Å². The first-order valence-corrected chi connectivity index (χ1v) is 8.08. The van der Waals surface area contributed by atoms with Gasteiger partial charge in [0.2, 0.25) is 0 Å². The number of nitrogens with zero attached hydrogens (tertiary/aromatic N) is 4. The van der Waals surface area contributed by atoms with Crippen LogP contribution in [0.3, 0.4) is 0 Å². The second-order valence-corrected chi connectivity index (χ2v) is 6.08. The average molecular weight is 365 g/mol. The quantitative estimate of drug-likeness (QED) is 0.724. The molecule has 0 bridgehead atoms. The van der Waals surface area contributed by atoms with Gasteiger partial charge in [-0.25, -0.2) is 15.0 Å². The lowest BCUT2D eigenvalue weighted by atomic mass is 10.1. The van der Waals surface area contributed by atoms with Crippen molar-refractivity contribution < 1.29 is 0 Å². The zero-order chi connectivity index (χ0) is 17.2. The van der Waals surface area contributed by atoms with Crippen LogP contribution < -0.4 is 11.1 Å². The maximum absolute atomic E-state index is 9.03. The van der Waals surface area contributed by atoms with Crippen LogP contribution in [-0.2, 0) is 0 Å². The Kier molecular flexibility index (Phi) is 5.01. The fraction of sp³-hybridized carbons (Fsp3) is 0.158. The summed E-state index contributed by atoms with van der Waals surface area (Å²) in [4.78, 5) is 13.1. The van der Waals surface area contributed by atoms with Crippen molar-refractivity contribution in [1.82, 2.24) is 15.0 Å². The molecule has 0 amide bonds. The molecule has 0 aromatic carbocycles. The zero-order valence-corrected chi connectivity index (χ0v) is 14.7. The zero-order valence-electron chi connectivity index (χ0n) is 13.9. The largest absolute Gasteiger partial charge is 0.384 e. The highest BCUT2D eigenvalue weighted by molar-refractivity contribution is 5.85. The van der Waals surface area contributed by atoms with E-state index in [-0.39, 0.29) is 12.4 Å². The van der Waals surface area contributed by atoms with Gasteiger partial charge in [-0.2, -0.15) is 5.26 Å². The van der Waals surface area contributed by atoms with Gasteiger partial charge >= 0.3 is 0 Å². The van der Waals surface area contributed by atoms with Crippen LogP contribution in [0.2, 0.25) is 0 Å². The molecule has 0 radical (unpaired) electrons. The number of nitrogens with one attached hydrogen (secondary N) is 1. The summed E-state index contributed by atoms with van der Waals surface area (Å²) in [6.07, 6.45) is 5.74. The Labute approximate surface area is 157 Å². The second kappa shape index (κ2) is 7.38. The van der Waals surface area contributed by atoms with Crippen LogP contribution in [0.1, 0.15) is 29.9 Å². The minimum atomic E-state index is 0. The van der Waals surface area contributed by atoms with E-state index in [0.29, 0.717) is 28.9 Å². The predicted octanol–water partition coefficient (Wildman–Crippen LogP) is 4.04. The molecule has 0 atom stereocenters. The minimum Gasteiger partial charge on any atom is -0.384 e. The lowest BCUT2D eigenvalue weighted by molar-refractivity contribution is 1.11.